The minimum atomic E-state index is -0.856. The lowest BCUT2D eigenvalue weighted by Crippen LogP contribution is -2.29. The predicted molar refractivity (Wildman–Crippen MR) is 90.4 cm³/mol. The zero-order chi connectivity index (χ0) is 17.5. The van der Waals surface area contributed by atoms with Crippen molar-refractivity contribution >= 4 is 5.91 Å². The Labute approximate surface area is 141 Å². The molecule has 0 fully saturated rings. The molecule has 0 aromatic heterocycles. The summed E-state index contributed by atoms with van der Waals surface area (Å²) in [6.45, 7) is 2.07. The molecule has 2 rings (SSSR count). The van der Waals surface area contributed by atoms with E-state index in [0.29, 0.717) is 12.0 Å². The summed E-state index contributed by atoms with van der Waals surface area (Å²) in [4.78, 5) is 12.0. The van der Waals surface area contributed by atoms with Crippen LogP contribution in [0, 0.1) is 5.82 Å². The number of nitrogens with one attached hydrogen (secondary N) is 1. The van der Waals surface area contributed by atoms with E-state index in [4.69, 9.17) is 4.74 Å². The second kappa shape index (κ2) is 8.45. The summed E-state index contributed by atoms with van der Waals surface area (Å²) in [5.41, 5.74) is 1.62. The number of rotatable bonds is 7. The molecular formula is C19H22FNO3. The van der Waals surface area contributed by atoms with E-state index in [-0.39, 0.29) is 24.2 Å². The summed E-state index contributed by atoms with van der Waals surface area (Å²) in [5, 5.41) is 12.7. The second-order valence-electron chi connectivity index (χ2n) is 5.75. The quantitative estimate of drug-likeness (QED) is 0.819. The lowest BCUT2D eigenvalue weighted by molar-refractivity contribution is -0.121. The number of benzene rings is 2. The second-order valence-corrected chi connectivity index (χ2v) is 5.75. The molecule has 4 nitrogen and oxygen atoms in total. The van der Waals surface area contributed by atoms with Gasteiger partial charge in [-0.1, -0.05) is 31.2 Å². The van der Waals surface area contributed by atoms with Gasteiger partial charge in [0.1, 0.15) is 11.6 Å². The smallest absolute Gasteiger partial charge is 0.220 e. The Kier molecular flexibility index (Phi) is 6.32. The molecule has 24 heavy (non-hydrogen) atoms. The molecule has 2 atom stereocenters. The van der Waals surface area contributed by atoms with Gasteiger partial charge in [0.2, 0.25) is 5.91 Å². The van der Waals surface area contributed by atoms with E-state index in [9.17, 15) is 14.3 Å². The third-order valence-electron chi connectivity index (χ3n) is 3.92. The molecule has 0 aliphatic heterocycles. The molecule has 0 saturated heterocycles. The summed E-state index contributed by atoms with van der Waals surface area (Å²) >= 11 is 0. The van der Waals surface area contributed by atoms with Crippen LogP contribution < -0.4 is 10.1 Å². The van der Waals surface area contributed by atoms with Gasteiger partial charge in [-0.15, -0.1) is 0 Å². The number of ether oxygens (including phenoxy) is 1. The maximum atomic E-state index is 12.9. The number of aliphatic hydroxyl groups is 1. The number of carbonyl (C=O) groups excluding carboxylic acids is 1. The standard InChI is InChI=1S/C19H22FNO3/c1-13(14-5-9-17(24-2)10-6-14)11-19(23)21-12-18(22)15-3-7-16(20)8-4-15/h3-10,13,18,22H,11-12H2,1-2H3,(H,21,23). The number of amides is 1. The lowest BCUT2D eigenvalue weighted by Gasteiger charge is -2.15. The zero-order valence-electron chi connectivity index (χ0n) is 13.8. The number of hydrogen-bond donors (Lipinski definition) is 2. The summed E-state index contributed by atoms with van der Waals surface area (Å²) in [5.74, 6) is 0.333. The van der Waals surface area contributed by atoms with Crippen LogP contribution in [0.25, 0.3) is 0 Å². The topological polar surface area (TPSA) is 58.6 Å². The Hall–Kier alpha value is -2.40. The van der Waals surface area contributed by atoms with Crippen LogP contribution in [0.2, 0.25) is 0 Å². The third kappa shape index (κ3) is 5.06. The van der Waals surface area contributed by atoms with Crippen LogP contribution in [0.1, 0.15) is 36.5 Å². The highest BCUT2D eigenvalue weighted by Crippen LogP contribution is 2.22. The zero-order valence-corrected chi connectivity index (χ0v) is 13.8. The Balaban J connectivity index is 1.82. The number of carbonyl (C=O) groups is 1. The van der Waals surface area contributed by atoms with Crippen LogP contribution >= 0.6 is 0 Å². The van der Waals surface area contributed by atoms with E-state index in [1.54, 1.807) is 7.11 Å². The summed E-state index contributed by atoms with van der Waals surface area (Å²) in [6.07, 6.45) is -0.534. The molecule has 2 unspecified atom stereocenters. The fourth-order valence-corrected chi connectivity index (χ4v) is 2.41. The number of aliphatic hydroxyl groups excluding tert-OH is 1. The average Bonchev–Trinajstić information content (AvgIpc) is 2.60. The molecule has 0 aliphatic rings. The molecule has 0 saturated carbocycles. The fraction of sp³-hybridized carbons (Fsp3) is 0.316. The van der Waals surface area contributed by atoms with E-state index in [0.717, 1.165) is 11.3 Å². The Morgan fingerprint density at radius 2 is 1.71 bits per heavy atom. The van der Waals surface area contributed by atoms with Crippen molar-refractivity contribution in [3.8, 4) is 5.75 Å². The van der Waals surface area contributed by atoms with Crippen LogP contribution in [0.5, 0.6) is 5.75 Å². The molecule has 5 heteroatoms. The Bertz CT molecular complexity index is 655. The van der Waals surface area contributed by atoms with Crippen molar-refractivity contribution in [1.29, 1.82) is 0 Å². The fourth-order valence-electron chi connectivity index (χ4n) is 2.41. The molecule has 0 radical (unpaired) electrons. The molecule has 0 heterocycles. The third-order valence-corrected chi connectivity index (χ3v) is 3.92. The van der Waals surface area contributed by atoms with Gasteiger partial charge in [-0.05, 0) is 41.3 Å². The van der Waals surface area contributed by atoms with E-state index in [1.165, 1.54) is 24.3 Å². The monoisotopic (exact) mass is 331 g/mol. The minimum absolute atomic E-state index is 0.0545. The number of methoxy groups -OCH3 is 1. The van der Waals surface area contributed by atoms with E-state index in [2.05, 4.69) is 5.32 Å². The Morgan fingerprint density at radius 3 is 2.29 bits per heavy atom. The molecule has 0 spiro atoms. The van der Waals surface area contributed by atoms with Gasteiger partial charge >= 0.3 is 0 Å². The Morgan fingerprint density at radius 1 is 1.12 bits per heavy atom. The lowest BCUT2D eigenvalue weighted by atomic mass is 9.97. The van der Waals surface area contributed by atoms with Gasteiger partial charge in [-0.25, -0.2) is 4.39 Å². The average molecular weight is 331 g/mol. The van der Waals surface area contributed by atoms with E-state index in [1.807, 2.05) is 31.2 Å². The van der Waals surface area contributed by atoms with E-state index < -0.39 is 6.10 Å². The van der Waals surface area contributed by atoms with Crippen molar-refractivity contribution in [3.63, 3.8) is 0 Å². The first-order valence-corrected chi connectivity index (χ1v) is 7.83. The van der Waals surface area contributed by atoms with Gasteiger partial charge in [0.15, 0.2) is 0 Å². The van der Waals surface area contributed by atoms with Crippen molar-refractivity contribution in [1.82, 2.24) is 5.32 Å². The summed E-state index contributed by atoms with van der Waals surface area (Å²) in [6, 6.07) is 13.2. The van der Waals surface area contributed by atoms with Gasteiger partial charge in [0, 0.05) is 13.0 Å². The van der Waals surface area contributed by atoms with Crippen molar-refractivity contribution < 1.29 is 19.0 Å². The number of hydrogen-bond acceptors (Lipinski definition) is 3. The maximum Gasteiger partial charge on any atom is 0.220 e. The molecule has 1 amide bonds. The van der Waals surface area contributed by atoms with Gasteiger partial charge in [-0.3, -0.25) is 4.79 Å². The maximum absolute atomic E-state index is 12.9. The highest BCUT2D eigenvalue weighted by Gasteiger charge is 2.13. The molecule has 128 valence electrons. The van der Waals surface area contributed by atoms with Gasteiger partial charge in [0.05, 0.1) is 13.2 Å². The SMILES string of the molecule is COc1ccc(C(C)CC(=O)NCC(O)c2ccc(F)cc2)cc1. The first-order valence-electron chi connectivity index (χ1n) is 7.83. The molecular weight excluding hydrogens is 309 g/mol. The van der Waals surface area contributed by atoms with Crippen molar-refractivity contribution in [2.24, 2.45) is 0 Å². The number of halogens is 1. The minimum Gasteiger partial charge on any atom is -0.497 e. The van der Waals surface area contributed by atoms with Crippen LogP contribution in [0.4, 0.5) is 4.39 Å². The highest BCUT2D eigenvalue weighted by atomic mass is 19.1. The van der Waals surface area contributed by atoms with Crippen LogP contribution in [0.3, 0.4) is 0 Å². The summed E-state index contributed by atoms with van der Waals surface area (Å²) < 4.78 is 18.0. The molecule has 2 aromatic rings. The highest BCUT2D eigenvalue weighted by molar-refractivity contribution is 5.76. The molecule has 2 aromatic carbocycles. The van der Waals surface area contributed by atoms with Crippen molar-refractivity contribution in [3.05, 3.63) is 65.5 Å². The van der Waals surface area contributed by atoms with Crippen LogP contribution in [-0.2, 0) is 4.79 Å². The van der Waals surface area contributed by atoms with Gasteiger partial charge in [-0.2, -0.15) is 0 Å². The largest absolute Gasteiger partial charge is 0.497 e. The molecule has 2 N–H and O–H groups in total. The first kappa shape index (κ1) is 17.9. The first-order chi connectivity index (χ1) is 11.5. The molecule has 0 bridgehead atoms. The van der Waals surface area contributed by atoms with Crippen molar-refractivity contribution in [2.75, 3.05) is 13.7 Å². The van der Waals surface area contributed by atoms with Gasteiger partial charge in [0.25, 0.3) is 0 Å². The summed E-state index contributed by atoms with van der Waals surface area (Å²) in [7, 11) is 1.61. The van der Waals surface area contributed by atoms with Crippen molar-refractivity contribution in [2.45, 2.75) is 25.4 Å². The van der Waals surface area contributed by atoms with Gasteiger partial charge < -0.3 is 15.2 Å². The van der Waals surface area contributed by atoms with Crippen LogP contribution in [-0.4, -0.2) is 24.7 Å². The van der Waals surface area contributed by atoms with E-state index >= 15 is 0 Å². The molecule has 0 aliphatic carbocycles. The predicted octanol–water partition coefficient (Wildman–Crippen LogP) is 3.18. The normalized spacial score (nSPS) is 13.2. The van der Waals surface area contributed by atoms with Crippen LogP contribution in [0.15, 0.2) is 48.5 Å².